The quantitative estimate of drug-likeness (QED) is 0.451. The summed E-state index contributed by atoms with van der Waals surface area (Å²) in [5.41, 5.74) is 7.75. The number of carbonyl (C=O) groups excluding carboxylic acids is 1. The van der Waals surface area contributed by atoms with Crippen LogP contribution in [0, 0.1) is 12.3 Å². The van der Waals surface area contributed by atoms with E-state index in [-0.39, 0.29) is 23.5 Å². The third kappa shape index (κ3) is 3.95. The van der Waals surface area contributed by atoms with Gasteiger partial charge in [0.05, 0.1) is 24.4 Å². The number of nitrogens with zero attached hydrogens (tertiary/aromatic N) is 4. The van der Waals surface area contributed by atoms with Crippen molar-refractivity contribution in [2.75, 3.05) is 25.9 Å². The molecule has 1 saturated heterocycles. The molecule has 1 amide bonds. The summed E-state index contributed by atoms with van der Waals surface area (Å²) in [4.78, 5) is 31.4. The van der Waals surface area contributed by atoms with E-state index >= 15 is 0 Å². The minimum absolute atomic E-state index is 0.219. The fraction of sp³-hybridized carbons (Fsp3) is 0.192. The Morgan fingerprint density at radius 3 is 2.40 bits per heavy atom. The van der Waals surface area contributed by atoms with E-state index in [1.54, 1.807) is 57.7 Å². The van der Waals surface area contributed by atoms with Gasteiger partial charge in [-0.25, -0.2) is 9.78 Å². The Kier molecular flexibility index (Phi) is 5.63. The molecular weight excluding hydrogens is 446 g/mol. The fourth-order valence-corrected chi connectivity index (χ4v) is 4.45. The van der Waals surface area contributed by atoms with E-state index in [9.17, 15) is 9.59 Å². The number of rotatable bonds is 5. The van der Waals surface area contributed by atoms with Gasteiger partial charge in [-0.1, -0.05) is 0 Å². The number of aromatic nitrogens is 3. The number of ether oxygens (including phenoxy) is 2. The van der Waals surface area contributed by atoms with Crippen molar-refractivity contribution in [1.29, 1.82) is 0 Å². The number of imidazole rings is 1. The first-order chi connectivity index (χ1) is 17.0. The summed E-state index contributed by atoms with van der Waals surface area (Å²) in [5.74, 6) is 4.02. The largest absolute Gasteiger partial charge is 0.497 e. The monoisotopic (exact) mass is 469 g/mol. The van der Waals surface area contributed by atoms with E-state index < -0.39 is 0 Å². The average molecular weight is 470 g/mol. The van der Waals surface area contributed by atoms with Crippen molar-refractivity contribution < 1.29 is 14.3 Å². The number of fused-ring (bicyclic) bond motifs is 1. The van der Waals surface area contributed by atoms with Crippen LogP contribution >= 0.6 is 0 Å². The summed E-state index contributed by atoms with van der Waals surface area (Å²) in [7, 11) is 1.61. The molecule has 0 unspecified atom stereocenters. The number of nitrogen functional groups attached to an aromatic ring is 1. The van der Waals surface area contributed by atoms with Gasteiger partial charge in [-0.15, -0.1) is 6.42 Å². The number of anilines is 1. The second-order valence-electron chi connectivity index (χ2n) is 8.16. The van der Waals surface area contributed by atoms with Gasteiger partial charge in [-0.05, 0) is 66.9 Å². The lowest BCUT2D eigenvalue weighted by Gasteiger charge is -2.14. The molecule has 1 aliphatic heterocycles. The van der Waals surface area contributed by atoms with E-state index in [2.05, 4.69) is 10.9 Å². The zero-order valence-corrected chi connectivity index (χ0v) is 19.0. The lowest BCUT2D eigenvalue weighted by molar-refractivity contribution is -0.124. The van der Waals surface area contributed by atoms with Gasteiger partial charge in [0, 0.05) is 19.3 Å². The molecule has 9 nitrogen and oxygen atoms in total. The number of methoxy groups -OCH3 is 1. The topological polar surface area (TPSA) is 105 Å². The molecule has 2 N–H and O–H groups in total. The van der Waals surface area contributed by atoms with Crippen LogP contribution in [0.2, 0.25) is 0 Å². The third-order valence-electron chi connectivity index (χ3n) is 6.14. The maximum Gasteiger partial charge on any atom is 0.334 e. The second-order valence-corrected chi connectivity index (χ2v) is 8.16. The maximum atomic E-state index is 13.7. The first-order valence-corrected chi connectivity index (χ1v) is 11.1. The number of likely N-dealkylation sites (tertiary alicyclic amines) is 1. The molecule has 1 fully saturated rings. The number of carbonyl (C=O) groups is 1. The number of terminal acetylenes is 1. The molecule has 0 aliphatic carbocycles. The van der Waals surface area contributed by atoms with Crippen molar-refractivity contribution in [1.82, 2.24) is 19.0 Å². The molecule has 0 spiro atoms. The van der Waals surface area contributed by atoms with Gasteiger partial charge >= 0.3 is 5.69 Å². The number of hydrogen-bond donors (Lipinski definition) is 1. The molecule has 2 aromatic carbocycles. The highest BCUT2D eigenvalue weighted by Gasteiger charge is 2.30. The minimum Gasteiger partial charge on any atom is -0.497 e. The number of nitrogens with two attached hydrogens (primary N) is 1. The molecule has 4 aromatic rings. The summed E-state index contributed by atoms with van der Waals surface area (Å²) >= 11 is 0. The molecule has 5 rings (SSSR count). The highest BCUT2D eigenvalue weighted by atomic mass is 16.5. The minimum atomic E-state index is -0.377. The average Bonchev–Trinajstić information content (AvgIpc) is 3.47. The Labute approximate surface area is 201 Å². The molecule has 2 aromatic heterocycles. The third-order valence-corrected chi connectivity index (χ3v) is 6.14. The van der Waals surface area contributed by atoms with Crippen molar-refractivity contribution in [3.05, 3.63) is 71.3 Å². The van der Waals surface area contributed by atoms with Crippen LogP contribution in [0.15, 0.2) is 65.6 Å². The van der Waals surface area contributed by atoms with Crippen molar-refractivity contribution in [3.63, 3.8) is 0 Å². The van der Waals surface area contributed by atoms with Gasteiger partial charge in [0.1, 0.15) is 28.6 Å². The van der Waals surface area contributed by atoms with Gasteiger partial charge in [-0.3, -0.25) is 13.9 Å². The Balaban J connectivity index is 1.51. The summed E-state index contributed by atoms with van der Waals surface area (Å²) in [6.45, 7) is 0.851. The number of amides is 1. The maximum absolute atomic E-state index is 13.7. The molecule has 176 valence electrons. The highest BCUT2D eigenvalue weighted by molar-refractivity contribution is 5.93. The van der Waals surface area contributed by atoms with Crippen molar-refractivity contribution >= 4 is 22.8 Å². The van der Waals surface area contributed by atoms with Gasteiger partial charge in [0.15, 0.2) is 0 Å². The van der Waals surface area contributed by atoms with Crippen LogP contribution in [0.1, 0.15) is 12.5 Å². The molecule has 0 bridgehead atoms. The summed E-state index contributed by atoms with van der Waals surface area (Å²) in [6, 6.07) is 15.9. The fourth-order valence-electron chi connectivity index (χ4n) is 4.45. The van der Waals surface area contributed by atoms with Crippen LogP contribution in [-0.4, -0.2) is 45.1 Å². The van der Waals surface area contributed by atoms with Gasteiger partial charge in [0.2, 0.25) is 0 Å². The Morgan fingerprint density at radius 1 is 1.09 bits per heavy atom. The first kappa shape index (κ1) is 22.1. The predicted octanol–water partition coefficient (Wildman–Crippen LogP) is 2.98. The van der Waals surface area contributed by atoms with Crippen LogP contribution in [0.4, 0.5) is 5.82 Å². The second kappa shape index (κ2) is 8.91. The van der Waals surface area contributed by atoms with Crippen molar-refractivity contribution in [2.24, 2.45) is 0 Å². The molecule has 0 radical (unpaired) electrons. The summed E-state index contributed by atoms with van der Waals surface area (Å²) < 4.78 is 14.3. The van der Waals surface area contributed by atoms with E-state index in [0.29, 0.717) is 47.7 Å². The first-order valence-electron chi connectivity index (χ1n) is 11.1. The zero-order valence-electron chi connectivity index (χ0n) is 19.0. The Morgan fingerprint density at radius 2 is 1.74 bits per heavy atom. The van der Waals surface area contributed by atoms with Crippen molar-refractivity contribution in [2.45, 2.75) is 12.5 Å². The molecule has 1 atom stereocenters. The van der Waals surface area contributed by atoms with Gasteiger partial charge in [0.25, 0.3) is 5.91 Å². The molecule has 1 aliphatic rings. The van der Waals surface area contributed by atoms with Gasteiger partial charge in [-0.2, -0.15) is 0 Å². The van der Waals surface area contributed by atoms with E-state index in [1.807, 2.05) is 24.3 Å². The number of hydrogen-bond acceptors (Lipinski definition) is 6. The Bertz CT molecular complexity index is 1500. The standard InChI is InChI=1S/C26H23N5O4/c1-3-23(32)29-15-13-18(16-29)30-22-12-14-28-25(27)24(22)31(26(30)33)17-4-6-20(7-5-17)35-21-10-8-19(34-2)9-11-21/h1,4-12,14,18H,13,15-16H2,2H3,(H2,27,28)/t18-/m1/s1. The van der Waals surface area contributed by atoms with Crippen molar-refractivity contribution in [3.8, 4) is 35.3 Å². The van der Waals surface area contributed by atoms with E-state index in [1.165, 1.54) is 0 Å². The van der Waals surface area contributed by atoms with Gasteiger partial charge < -0.3 is 20.1 Å². The van der Waals surface area contributed by atoms with E-state index in [4.69, 9.17) is 21.6 Å². The van der Waals surface area contributed by atoms with E-state index in [0.717, 1.165) is 5.75 Å². The lowest BCUT2D eigenvalue weighted by Crippen LogP contribution is -2.31. The predicted molar refractivity (Wildman–Crippen MR) is 132 cm³/mol. The normalized spacial score (nSPS) is 15.2. The molecule has 9 heteroatoms. The van der Waals surface area contributed by atoms with Crippen LogP contribution < -0.4 is 20.9 Å². The molecule has 35 heavy (non-hydrogen) atoms. The molecule has 3 heterocycles. The van der Waals surface area contributed by atoms with Crippen LogP contribution in [0.25, 0.3) is 16.7 Å². The summed E-state index contributed by atoms with van der Waals surface area (Å²) in [6.07, 6.45) is 7.46. The Hall–Kier alpha value is -4.71. The zero-order chi connectivity index (χ0) is 24.5. The van der Waals surface area contributed by atoms with Crippen LogP contribution in [0.3, 0.4) is 0 Å². The SMILES string of the molecule is C#CC(=O)N1CC[C@@H](n2c(=O)n(-c3ccc(Oc4ccc(OC)cc4)cc3)c3c(N)nccc32)C1. The lowest BCUT2D eigenvalue weighted by atomic mass is 10.2. The highest BCUT2D eigenvalue weighted by Crippen LogP contribution is 2.30. The summed E-state index contributed by atoms with van der Waals surface area (Å²) in [5, 5.41) is 0. The van der Waals surface area contributed by atoms with Crippen LogP contribution in [0.5, 0.6) is 17.2 Å². The molecular formula is C26H23N5O4. The smallest absolute Gasteiger partial charge is 0.334 e. The molecule has 0 saturated carbocycles. The number of pyridine rings is 1. The van der Waals surface area contributed by atoms with Crippen LogP contribution in [-0.2, 0) is 4.79 Å². The number of benzene rings is 2.